The van der Waals surface area contributed by atoms with Crippen molar-refractivity contribution in [2.75, 3.05) is 25.5 Å². The molecule has 0 bridgehead atoms. The lowest BCUT2D eigenvalue weighted by molar-refractivity contribution is -0.152. The lowest BCUT2D eigenvalue weighted by atomic mass is 9.81. The maximum atomic E-state index is 12.5. The van der Waals surface area contributed by atoms with E-state index in [1.807, 2.05) is 18.5 Å². The maximum Gasteiger partial charge on any atom is 0.324 e. The van der Waals surface area contributed by atoms with Gasteiger partial charge in [-0.3, -0.25) is 10.1 Å². The summed E-state index contributed by atoms with van der Waals surface area (Å²) in [5, 5.41) is 7.16. The summed E-state index contributed by atoms with van der Waals surface area (Å²) in [5.41, 5.74) is -0.680. The van der Waals surface area contributed by atoms with E-state index in [0.29, 0.717) is 25.1 Å². The second-order valence-electron chi connectivity index (χ2n) is 7.46. The Hall–Kier alpha value is -2.12. The number of esters is 1. The van der Waals surface area contributed by atoms with E-state index in [2.05, 4.69) is 15.4 Å². The van der Waals surface area contributed by atoms with E-state index >= 15 is 0 Å². The number of nitrogens with one attached hydrogen (secondary N) is 1. The van der Waals surface area contributed by atoms with E-state index in [4.69, 9.17) is 4.74 Å². The minimum absolute atomic E-state index is 0.0263. The molecule has 1 saturated carbocycles. The quantitative estimate of drug-likeness (QED) is 0.847. The second kappa shape index (κ2) is 7.01. The van der Waals surface area contributed by atoms with Crippen LogP contribution in [0.25, 0.3) is 0 Å². The summed E-state index contributed by atoms with van der Waals surface area (Å²) in [6.45, 7) is 4.63. The van der Waals surface area contributed by atoms with Crippen LogP contribution in [0.3, 0.4) is 0 Å². The maximum absolute atomic E-state index is 12.5. The molecular formula is C17H27N5O3. The third-order valence-electron chi connectivity index (χ3n) is 5.72. The van der Waals surface area contributed by atoms with Crippen molar-refractivity contribution in [2.24, 2.45) is 11.3 Å². The number of carbonyl (C=O) groups is 2. The molecule has 0 unspecified atom stereocenters. The van der Waals surface area contributed by atoms with Gasteiger partial charge in [0, 0.05) is 13.1 Å². The number of anilines is 1. The highest BCUT2D eigenvalue weighted by molar-refractivity contribution is 5.89. The zero-order chi connectivity index (χ0) is 18.0. The van der Waals surface area contributed by atoms with Crippen LogP contribution in [-0.4, -0.2) is 51.9 Å². The molecule has 0 radical (unpaired) electrons. The van der Waals surface area contributed by atoms with E-state index in [1.54, 1.807) is 11.2 Å². The SMILES string of the molecule is COC(=O)[C@]1(C)CN(C(=O)Nc2ncn(C3CCCCC3)n2)C[C@H]1C. The van der Waals surface area contributed by atoms with Crippen LogP contribution in [0, 0.1) is 11.3 Å². The molecule has 8 heteroatoms. The van der Waals surface area contributed by atoms with Gasteiger partial charge in [-0.25, -0.2) is 14.5 Å². The average molecular weight is 349 g/mol. The Balaban J connectivity index is 1.61. The molecule has 25 heavy (non-hydrogen) atoms. The van der Waals surface area contributed by atoms with Crippen LogP contribution in [-0.2, 0) is 9.53 Å². The smallest absolute Gasteiger partial charge is 0.324 e. The predicted octanol–water partition coefficient (Wildman–Crippen LogP) is 2.45. The molecule has 1 saturated heterocycles. The molecule has 3 rings (SSSR count). The number of hydrogen-bond acceptors (Lipinski definition) is 5. The van der Waals surface area contributed by atoms with Crippen LogP contribution < -0.4 is 5.32 Å². The first kappa shape index (κ1) is 17.7. The van der Waals surface area contributed by atoms with Gasteiger partial charge in [0.1, 0.15) is 6.33 Å². The highest BCUT2D eigenvalue weighted by Gasteiger charge is 2.48. The minimum Gasteiger partial charge on any atom is -0.469 e. The molecule has 0 spiro atoms. The number of amides is 2. The van der Waals surface area contributed by atoms with Crippen LogP contribution >= 0.6 is 0 Å². The first-order valence-electron chi connectivity index (χ1n) is 8.99. The van der Waals surface area contributed by atoms with Crippen LogP contribution in [0.1, 0.15) is 52.0 Å². The molecule has 138 valence electrons. The Bertz CT molecular complexity index is 640. The van der Waals surface area contributed by atoms with Gasteiger partial charge in [0.05, 0.1) is 18.6 Å². The number of hydrogen-bond donors (Lipinski definition) is 1. The Morgan fingerprint density at radius 2 is 2.04 bits per heavy atom. The number of methoxy groups -OCH3 is 1. The fourth-order valence-electron chi connectivity index (χ4n) is 3.83. The summed E-state index contributed by atoms with van der Waals surface area (Å²) in [5.74, 6) is 0.0587. The third kappa shape index (κ3) is 3.48. The molecule has 2 fully saturated rings. The van der Waals surface area contributed by atoms with Gasteiger partial charge in [-0.1, -0.05) is 26.2 Å². The van der Waals surface area contributed by atoms with Crippen LogP contribution in [0.2, 0.25) is 0 Å². The van der Waals surface area contributed by atoms with Crippen molar-refractivity contribution in [2.45, 2.75) is 52.0 Å². The zero-order valence-corrected chi connectivity index (χ0v) is 15.2. The van der Waals surface area contributed by atoms with Crippen LogP contribution in [0.5, 0.6) is 0 Å². The molecule has 1 aliphatic heterocycles. The summed E-state index contributed by atoms with van der Waals surface area (Å²) in [6, 6.07) is 0.0993. The van der Waals surface area contributed by atoms with Crippen LogP contribution in [0.15, 0.2) is 6.33 Å². The van der Waals surface area contributed by atoms with Gasteiger partial charge in [0.25, 0.3) is 0 Å². The van der Waals surface area contributed by atoms with Gasteiger partial charge < -0.3 is 9.64 Å². The van der Waals surface area contributed by atoms with Crippen molar-refractivity contribution in [1.29, 1.82) is 0 Å². The molecule has 1 N–H and O–H groups in total. The number of carbonyl (C=O) groups excluding carboxylic acids is 2. The molecule has 1 aromatic rings. The Labute approximate surface area is 147 Å². The van der Waals surface area contributed by atoms with Gasteiger partial charge in [-0.05, 0) is 25.7 Å². The van der Waals surface area contributed by atoms with E-state index in [0.717, 1.165) is 12.8 Å². The van der Waals surface area contributed by atoms with E-state index in [1.165, 1.54) is 26.4 Å². The molecule has 2 aliphatic rings. The van der Waals surface area contributed by atoms with Crippen molar-refractivity contribution in [3.05, 3.63) is 6.33 Å². The molecule has 2 atom stereocenters. The largest absolute Gasteiger partial charge is 0.469 e. The molecule has 1 aliphatic carbocycles. The lowest BCUT2D eigenvalue weighted by Crippen LogP contribution is -2.38. The van der Waals surface area contributed by atoms with Crippen molar-refractivity contribution in [1.82, 2.24) is 19.7 Å². The molecule has 8 nitrogen and oxygen atoms in total. The van der Waals surface area contributed by atoms with Crippen molar-refractivity contribution < 1.29 is 14.3 Å². The van der Waals surface area contributed by atoms with Gasteiger partial charge in [0.15, 0.2) is 0 Å². The fourth-order valence-corrected chi connectivity index (χ4v) is 3.83. The average Bonchev–Trinajstić information content (AvgIpc) is 3.20. The van der Waals surface area contributed by atoms with Gasteiger partial charge >= 0.3 is 12.0 Å². The standard InChI is InChI=1S/C17H27N5O3/c1-12-9-21(10-17(12,2)14(23)25-3)16(24)19-15-18-11-22(20-15)13-7-5-4-6-8-13/h11-13H,4-10H2,1-3H3,(H,19,20,24)/t12-,17-/m1/s1. The van der Waals surface area contributed by atoms with E-state index in [9.17, 15) is 9.59 Å². The van der Waals surface area contributed by atoms with E-state index in [-0.39, 0.29) is 17.9 Å². The third-order valence-corrected chi connectivity index (χ3v) is 5.72. The number of nitrogens with zero attached hydrogens (tertiary/aromatic N) is 4. The molecule has 2 amide bonds. The summed E-state index contributed by atoms with van der Waals surface area (Å²) < 4.78 is 6.76. The number of urea groups is 1. The minimum atomic E-state index is -0.680. The predicted molar refractivity (Wildman–Crippen MR) is 92.0 cm³/mol. The van der Waals surface area contributed by atoms with Crippen molar-refractivity contribution in [3.8, 4) is 0 Å². The zero-order valence-electron chi connectivity index (χ0n) is 15.2. The monoisotopic (exact) mass is 349 g/mol. The lowest BCUT2D eigenvalue weighted by Gasteiger charge is -2.24. The number of rotatable bonds is 3. The fraction of sp³-hybridized carbons (Fsp3) is 0.765. The normalized spacial score (nSPS) is 27.3. The van der Waals surface area contributed by atoms with Crippen molar-refractivity contribution >= 4 is 17.9 Å². The second-order valence-corrected chi connectivity index (χ2v) is 7.46. The molecular weight excluding hydrogens is 322 g/mol. The summed E-state index contributed by atoms with van der Waals surface area (Å²) in [4.78, 5) is 30.4. The number of ether oxygens (including phenoxy) is 1. The summed E-state index contributed by atoms with van der Waals surface area (Å²) >= 11 is 0. The Morgan fingerprint density at radius 3 is 2.72 bits per heavy atom. The van der Waals surface area contributed by atoms with Crippen LogP contribution in [0.4, 0.5) is 10.7 Å². The molecule has 2 heterocycles. The van der Waals surface area contributed by atoms with Crippen molar-refractivity contribution in [3.63, 3.8) is 0 Å². The van der Waals surface area contributed by atoms with Gasteiger partial charge in [-0.2, -0.15) is 0 Å². The topological polar surface area (TPSA) is 89.4 Å². The summed E-state index contributed by atoms with van der Waals surface area (Å²) in [7, 11) is 1.38. The molecule has 1 aromatic heterocycles. The van der Waals surface area contributed by atoms with Gasteiger partial charge in [0.2, 0.25) is 5.95 Å². The Kier molecular flexibility index (Phi) is 4.96. The highest BCUT2D eigenvalue weighted by Crippen LogP contribution is 2.36. The molecule has 0 aromatic carbocycles. The number of aromatic nitrogens is 3. The van der Waals surface area contributed by atoms with Gasteiger partial charge in [-0.15, -0.1) is 5.10 Å². The Morgan fingerprint density at radius 1 is 1.32 bits per heavy atom. The first-order valence-corrected chi connectivity index (χ1v) is 8.99. The number of likely N-dealkylation sites (tertiary alicyclic amines) is 1. The van der Waals surface area contributed by atoms with E-state index < -0.39 is 5.41 Å². The summed E-state index contributed by atoms with van der Waals surface area (Å²) in [6.07, 6.45) is 7.61. The first-order chi connectivity index (χ1) is 11.9. The highest BCUT2D eigenvalue weighted by atomic mass is 16.5.